The fourth-order valence-corrected chi connectivity index (χ4v) is 3.00. The second-order valence-corrected chi connectivity index (χ2v) is 5.90. The maximum Gasteiger partial charge on any atom is 0.331 e. The summed E-state index contributed by atoms with van der Waals surface area (Å²) in [6, 6.07) is 8.89. The predicted octanol–water partition coefficient (Wildman–Crippen LogP) is 1.13. The fourth-order valence-electron chi connectivity index (χ4n) is 3.00. The SMILES string of the molecule is C=CCn1c(O)c(C2=NN(C(C)=O)C(c3ccccc3)C2)c(=O)[nH]c1=O. The molecule has 1 unspecified atom stereocenters. The van der Waals surface area contributed by atoms with Gasteiger partial charge in [0.25, 0.3) is 5.56 Å². The molecule has 26 heavy (non-hydrogen) atoms. The monoisotopic (exact) mass is 354 g/mol. The highest BCUT2D eigenvalue weighted by Gasteiger charge is 2.34. The van der Waals surface area contributed by atoms with Gasteiger partial charge < -0.3 is 5.11 Å². The van der Waals surface area contributed by atoms with Crippen LogP contribution in [0.5, 0.6) is 5.88 Å². The highest BCUT2D eigenvalue weighted by Crippen LogP contribution is 2.33. The summed E-state index contributed by atoms with van der Waals surface area (Å²) in [5.74, 6) is -0.779. The van der Waals surface area contributed by atoms with Gasteiger partial charge in [0.2, 0.25) is 11.8 Å². The molecule has 8 heteroatoms. The van der Waals surface area contributed by atoms with Crippen LogP contribution in [-0.4, -0.2) is 31.3 Å². The van der Waals surface area contributed by atoms with Crippen LogP contribution in [0.15, 0.2) is 57.7 Å². The Morgan fingerprint density at radius 2 is 2.08 bits per heavy atom. The first-order valence-electron chi connectivity index (χ1n) is 8.03. The largest absolute Gasteiger partial charge is 0.494 e. The van der Waals surface area contributed by atoms with Gasteiger partial charge in [0.15, 0.2) is 0 Å². The quantitative estimate of drug-likeness (QED) is 0.802. The highest BCUT2D eigenvalue weighted by atomic mass is 16.3. The summed E-state index contributed by atoms with van der Waals surface area (Å²) in [7, 11) is 0. The van der Waals surface area contributed by atoms with Crippen LogP contribution in [0.3, 0.4) is 0 Å². The molecular formula is C18H18N4O4. The first-order valence-corrected chi connectivity index (χ1v) is 8.03. The van der Waals surface area contributed by atoms with E-state index >= 15 is 0 Å². The van der Waals surface area contributed by atoms with Gasteiger partial charge in [0, 0.05) is 19.9 Å². The van der Waals surface area contributed by atoms with Gasteiger partial charge in [-0.25, -0.2) is 9.80 Å². The summed E-state index contributed by atoms with van der Waals surface area (Å²) in [5, 5.41) is 16.0. The topological polar surface area (TPSA) is 108 Å². The van der Waals surface area contributed by atoms with E-state index in [-0.39, 0.29) is 36.2 Å². The van der Waals surface area contributed by atoms with Gasteiger partial charge in [0.1, 0.15) is 5.56 Å². The number of carbonyl (C=O) groups excluding carboxylic acids is 1. The number of amides is 1. The van der Waals surface area contributed by atoms with Crippen LogP contribution in [0, 0.1) is 0 Å². The Morgan fingerprint density at radius 3 is 2.69 bits per heavy atom. The molecule has 1 aliphatic heterocycles. The van der Waals surface area contributed by atoms with E-state index in [1.165, 1.54) is 18.0 Å². The van der Waals surface area contributed by atoms with E-state index in [0.29, 0.717) is 0 Å². The van der Waals surface area contributed by atoms with Gasteiger partial charge in [0.05, 0.1) is 11.8 Å². The van der Waals surface area contributed by atoms with Crippen molar-refractivity contribution in [2.75, 3.05) is 0 Å². The standard InChI is InChI=1S/C18H18N4O4/c1-3-9-21-17(25)15(16(24)19-18(21)26)13-10-14(22(20-13)11(2)23)12-7-5-4-6-8-12/h3-8,14,25H,1,9-10H2,2H3,(H,19,24,26). The van der Waals surface area contributed by atoms with Crippen molar-refractivity contribution in [1.29, 1.82) is 0 Å². The molecule has 1 aromatic heterocycles. The molecule has 1 amide bonds. The Morgan fingerprint density at radius 1 is 1.38 bits per heavy atom. The molecule has 1 aliphatic rings. The Balaban J connectivity index is 2.11. The number of aromatic amines is 1. The third kappa shape index (κ3) is 2.97. The molecule has 1 aromatic carbocycles. The van der Waals surface area contributed by atoms with Gasteiger partial charge in [-0.15, -0.1) is 6.58 Å². The fraction of sp³-hybridized carbons (Fsp3) is 0.222. The van der Waals surface area contributed by atoms with Crippen LogP contribution in [0.4, 0.5) is 0 Å². The van der Waals surface area contributed by atoms with Gasteiger partial charge in [-0.1, -0.05) is 36.4 Å². The average Bonchev–Trinajstić information content (AvgIpc) is 3.04. The summed E-state index contributed by atoms with van der Waals surface area (Å²) in [6.07, 6.45) is 1.67. The van der Waals surface area contributed by atoms with Crippen molar-refractivity contribution in [3.63, 3.8) is 0 Å². The summed E-state index contributed by atoms with van der Waals surface area (Å²) < 4.78 is 0.986. The Hall–Kier alpha value is -3.42. The van der Waals surface area contributed by atoms with Crippen LogP contribution in [0.25, 0.3) is 0 Å². The minimum Gasteiger partial charge on any atom is -0.494 e. The maximum atomic E-state index is 12.3. The molecule has 134 valence electrons. The zero-order chi connectivity index (χ0) is 18.8. The normalized spacial score (nSPS) is 16.4. The number of nitrogens with zero attached hydrogens (tertiary/aromatic N) is 3. The molecule has 0 spiro atoms. The van der Waals surface area contributed by atoms with E-state index in [9.17, 15) is 19.5 Å². The first kappa shape index (κ1) is 17.4. The minimum atomic E-state index is -0.747. The minimum absolute atomic E-state index is 0.0280. The van der Waals surface area contributed by atoms with Crippen LogP contribution < -0.4 is 11.2 Å². The zero-order valence-electron chi connectivity index (χ0n) is 14.2. The van der Waals surface area contributed by atoms with Crippen molar-refractivity contribution in [1.82, 2.24) is 14.6 Å². The van der Waals surface area contributed by atoms with Crippen LogP contribution in [0.1, 0.15) is 30.5 Å². The molecule has 2 N–H and O–H groups in total. The zero-order valence-corrected chi connectivity index (χ0v) is 14.2. The van der Waals surface area contributed by atoms with E-state index in [0.717, 1.165) is 10.1 Å². The average molecular weight is 354 g/mol. The van der Waals surface area contributed by atoms with Gasteiger partial charge in [-0.2, -0.15) is 5.10 Å². The second-order valence-electron chi connectivity index (χ2n) is 5.90. The summed E-state index contributed by atoms with van der Waals surface area (Å²) in [6.45, 7) is 4.94. The summed E-state index contributed by atoms with van der Waals surface area (Å²) in [5.41, 5.74) is -0.500. The molecular weight excluding hydrogens is 336 g/mol. The lowest BCUT2D eigenvalue weighted by atomic mass is 9.99. The van der Waals surface area contributed by atoms with E-state index in [1.54, 1.807) is 0 Å². The summed E-state index contributed by atoms with van der Waals surface area (Å²) in [4.78, 5) is 38.3. The third-order valence-corrected chi connectivity index (χ3v) is 4.19. The Kier molecular flexibility index (Phi) is 4.57. The number of allylic oxidation sites excluding steroid dienone is 1. The van der Waals surface area contributed by atoms with E-state index in [1.807, 2.05) is 30.3 Å². The third-order valence-electron chi connectivity index (χ3n) is 4.19. The molecule has 0 aliphatic carbocycles. The number of carbonyl (C=O) groups is 1. The number of aromatic nitrogens is 2. The van der Waals surface area contributed by atoms with E-state index in [4.69, 9.17) is 0 Å². The van der Waals surface area contributed by atoms with Crippen molar-refractivity contribution in [3.05, 3.63) is 75.0 Å². The smallest absolute Gasteiger partial charge is 0.331 e. The lowest BCUT2D eigenvalue weighted by Crippen LogP contribution is -2.33. The molecule has 0 saturated carbocycles. The molecule has 1 atom stereocenters. The molecule has 2 aromatic rings. The van der Waals surface area contributed by atoms with E-state index in [2.05, 4.69) is 16.7 Å². The number of hydrazone groups is 1. The summed E-state index contributed by atoms with van der Waals surface area (Å²) >= 11 is 0. The Bertz CT molecular complexity index is 1000. The van der Waals surface area contributed by atoms with Gasteiger partial charge >= 0.3 is 5.69 Å². The van der Waals surface area contributed by atoms with Crippen LogP contribution >= 0.6 is 0 Å². The molecule has 2 heterocycles. The molecule has 3 rings (SSSR count). The maximum absolute atomic E-state index is 12.3. The molecule has 0 radical (unpaired) electrons. The van der Waals surface area contributed by atoms with Crippen LogP contribution in [0.2, 0.25) is 0 Å². The van der Waals surface area contributed by atoms with Gasteiger partial charge in [-0.05, 0) is 5.56 Å². The van der Waals surface area contributed by atoms with Crippen molar-refractivity contribution in [3.8, 4) is 5.88 Å². The molecule has 0 fully saturated rings. The Labute approximate surface area is 148 Å². The first-order chi connectivity index (χ1) is 12.4. The lowest BCUT2D eigenvalue weighted by Gasteiger charge is -2.20. The second kappa shape index (κ2) is 6.83. The lowest BCUT2D eigenvalue weighted by molar-refractivity contribution is -0.130. The number of hydrogen-bond acceptors (Lipinski definition) is 5. The highest BCUT2D eigenvalue weighted by molar-refractivity contribution is 6.04. The van der Waals surface area contributed by atoms with E-state index < -0.39 is 17.1 Å². The predicted molar refractivity (Wildman–Crippen MR) is 96.0 cm³/mol. The van der Waals surface area contributed by atoms with Gasteiger partial charge in [-0.3, -0.25) is 19.1 Å². The number of H-pyrrole nitrogens is 1. The number of rotatable bonds is 4. The van der Waals surface area contributed by atoms with Crippen molar-refractivity contribution < 1.29 is 9.90 Å². The number of aromatic hydroxyl groups is 1. The molecule has 0 bridgehead atoms. The van der Waals surface area contributed by atoms with Crippen molar-refractivity contribution >= 4 is 11.6 Å². The van der Waals surface area contributed by atoms with Crippen LogP contribution in [-0.2, 0) is 11.3 Å². The molecule has 0 saturated heterocycles. The molecule has 8 nitrogen and oxygen atoms in total. The van der Waals surface area contributed by atoms with Crippen molar-refractivity contribution in [2.24, 2.45) is 5.10 Å². The van der Waals surface area contributed by atoms with Crippen molar-refractivity contribution in [2.45, 2.75) is 25.9 Å². The number of benzene rings is 1. The number of nitrogens with one attached hydrogen (secondary N) is 1. The number of hydrogen-bond donors (Lipinski definition) is 2.